The van der Waals surface area contributed by atoms with Crippen molar-refractivity contribution in [1.82, 2.24) is 4.57 Å². The maximum Gasteiger partial charge on any atom is 0.338 e. The Hall–Kier alpha value is -3.65. The smallest absolute Gasteiger partial charge is 0.338 e. The molecule has 3 aromatic rings. The Morgan fingerprint density at radius 1 is 1.03 bits per heavy atom. The van der Waals surface area contributed by atoms with Crippen LogP contribution >= 0.6 is 11.3 Å². The molecule has 0 radical (unpaired) electrons. The summed E-state index contributed by atoms with van der Waals surface area (Å²) in [5.41, 5.74) is 4.74. The highest BCUT2D eigenvalue weighted by molar-refractivity contribution is 7.07. The van der Waals surface area contributed by atoms with E-state index in [9.17, 15) is 9.59 Å². The quantitative estimate of drug-likeness (QED) is 0.426. The first-order valence-electron chi connectivity index (χ1n) is 12.6. The van der Waals surface area contributed by atoms with E-state index in [-0.39, 0.29) is 12.2 Å². The number of anilines is 2. The van der Waals surface area contributed by atoms with Crippen LogP contribution in [-0.4, -0.2) is 44.3 Å². The Morgan fingerprint density at radius 3 is 2.22 bits per heavy atom. The van der Waals surface area contributed by atoms with Crippen molar-refractivity contribution in [2.45, 2.75) is 33.7 Å². The molecule has 0 spiro atoms. The van der Waals surface area contributed by atoms with Gasteiger partial charge in [0, 0.05) is 38.6 Å². The number of aromatic nitrogens is 1. The van der Waals surface area contributed by atoms with Crippen molar-refractivity contribution in [3.8, 4) is 0 Å². The summed E-state index contributed by atoms with van der Waals surface area (Å²) in [5.74, 6) is -0.452. The van der Waals surface area contributed by atoms with Gasteiger partial charge in [0.15, 0.2) is 4.80 Å². The van der Waals surface area contributed by atoms with Gasteiger partial charge in [0.1, 0.15) is 0 Å². The minimum Gasteiger partial charge on any atom is -0.463 e. The molecule has 2 heterocycles. The predicted octanol–water partition coefficient (Wildman–Crippen LogP) is 3.71. The zero-order valence-electron chi connectivity index (χ0n) is 22.3. The number of fused-ring (bicyclic) bond motifs is 1. The van der Waals surface area contributed by atoms with Crippen LogP contribution in [0.4, 0.5) is 11.4 Å². The van der Waals surface area contributed by atoms with Gasteiger partial charge < -0.3 is 14.5 Å². The van der Waals surface area contributed by atoms with Crippen molar-refractivity contribution in [1.29, 1.82) is 0 Å². The molecule has 0 aliphatic carbocycles. The SMILES string of the molecule is CCOC(=O)C1=C(C)N=c2s/c(=C/c3ccc(N(CC)CC)cc3)c(=O)n2C1c1ccc(N(C)C)cc1. The van der Waals surface area contributed by atoms with Crippen LogP contribution in [-0.2, 0) is 9.53 Å². The number of nitrogens with zero attached hydrogens (tertiary/aromatic N) is 4. The van der Waals surface area contributed by atoms with Crippen molar-refractivity contribution in [2.24, 2.45) is 4.99 Å². The largest absolute Gasteiger partial charge is 0.463 e. The molecule has 0 saturated carbocycles. The second kappa shape index (κ2) is 11.2. The zero-order chi connectivity index (χ0) is 26.7. The Kier molecular flexibility index (Phi) is 7.97. The molecule has 37 heavy (non-hydrogen) atoms. The number of ether oxygens (including phenoxy) is 1. The summed E-state index contributed by atoms with van der Waals surface area (Å²) in [6, 6.07) is 15.5. The lowest BCUT2D eigenvalue weighted by molar-refractivity contribution is -0.139. The average Bonchev–Trinajstić information content (AvgIpc) is 3.19. The number of esters is 1. The topological polar surface area (TPSA) is 67.1 Å². The summed E-state index contributed by atoms with van der Waals surface area (Å²) in [6.45, 7) is 9.96. The van der Waals surface area contributed by atoms with Crippen molar-refractivity contribution >= 4 is 34.8 Å². The van der Waals surface area contributed by atoms with Crippen LogP contribution in [0.3, 0.4) is 0 Å². The molecule has 0 fully saturated rings. The molecule has 2 aromatic carbocycles. The summed E-state index contributed by atoms with van der Waals surface area (Å²) in [5, 5.41) is 0. The number of rotatable bonds is 8. The van der Waals surface area contributed by atoms with Gasteiger partial charge in [-0.15, -0.1) is 0 Å². The molecule has 1 aliphatic heterocycles. The van der Waals surface area contributed by atoms with Crippen LogP contribution in [0.5, 0.6) is 0 Å². The molecule has 8 heteroatoms. The third-order valence-electron chi connectivity index (χ3n) is 6.56. The van der Waals surface area contributed by atoms with Crippen LogP contribution in [0.25, 0.3) is 6.08 Å². The summed E-state index contributed by atoms with van der Waals surface area (Å²) < 4.78 is 7.58. The van der Waals surface area contributed by atoms with Gasteiger partial charge >= 0.3 is 5.97 Å². The van der Waals surface area contributed by atoms with Crippen LogP contribution in [0.1, 0.15) is 44.9 Å². The molecule has 194 valence electrons. The molecule has 0 N–H and O–H groups in total. The van der Waals surface area contributed by atoms with Gasteiger partial charge in [-0.05, 0) is 69.2 Å². The Balaban J connectivity index is 1.84. The van der Waals surface area contributed by atoms with Gasteiger partial charge in [0.2, 0.25) is 0 Å². The highest BCUT2D eigenvalue weighted by Crippen LogP contribution is 2.31. The first-order valence-corrected chi connectivity index (χ1v) is 13.4. The minimum absolute atomic E-state index is 0.174. The minimum atomic E-state index is -0.612. The number of carbonyl (C=O) groups excluding carboxylic acids is 1. The number of hydrogen-bond donors (Lipinski definition) is 0. The number of hydrogen-bond acceptors (Lipinski definition) is 7. The second-order valence-corrected chi connectivity index (χ2v) is 10.1. The molecule has 0 bridgehead atoms. The standard InChI is InChI=1S/C29H34N4O3S/c1-7-32(8-2)23-14-10-20(11-15-23)18-24-27(34)33-26(21-12-16-22(17-13-21)31(5)6)25(28(35)36-9-3)19(4)30-29(33)37-24/h10-18,26H,7-9H2,1-6H3/b24-18+. The lowest BCUT2D eigenvalue weighted by Crippen LogP contribution is -2.39. The number of allylic oxidation sites excluding steroid dienone is 1. The van der Waals surface area contributed by atoms with E-state index in [2.05, 4.69) is 35.9 Å². The van der Waals surface area contributed by atoms with Crippen LogP contribution in [0.2, 0.25) is 0 Å². The van der Waals surface area contributed by atoms with Crippen molar-refractivity contribution < 1.29 is 9.53 Å². The fraction of sp³-hybridized carbons (Fsp3) is 0.345. The first-order chi connectivity index (χ1) is 17.8. The molecular weight excluding hydrogens is 484 g/mol. The highest BCUT2D eigenvalue weighted by Gasteiger charge is 2.33. The van der Waals surface area contributed by atoms with Gasteiger partial charge in [-0.2, -0.15) is 0 Å². The van der Waals surface area contributed by atoms with E-state index >= 15 is 0 Å². The summed E-state index contributed by atoms with van der Waals surface area (Å²) in [6.07, 6.45) is 1.89. The molecule has 1 aliphatic rings. The van der Waals surface area contributed by atoms with E-state index in [1.54, 1.807) is 18.4 Å². The molecular formula is C29H34N4O3S. The number of carbonyl (C=O) groups is 1. The van der Waals surface area contributed by atoms with Gasteiger partial charge in [-0.3, -0.25) is 9.36 Å². The molecule has 1 atom stereocenters. The van der Waals surface area contributed by atoms with Gasteiger partial charge in [0.25, 0.3) is 5.56 Å². The van der Waals surface area contributed by atoms with Crippen molar-refractivity contribution in [2.75, 3.05) is 43.6 Å². The fourth-order valence-corrected chi connectivity index (χ4v) is 5.63. The van der Waals surface area contributed by atoms with Crippen LogP contribution < -0.4 is 24.7 Å². The first kappa shape index (κ1) is 26.4. The molecule has 0 saturated heterocycles. The number of benzene rings is 2. The van der Waals surface area contributed by atoms with Crippen LogP contribution in [0, 0.1) is 0 Å². The van der Waals surface area contributed by atoms with Gasteiger partial charge in [-0.1, -0.05) is 35.6 Å². The van der Waals surface area contributed by atoms with Crippen molar-refractivity contribution in [3.63, 3.8) is 0 Å². The van der Waals surface area contributed by atoms with Crippen molar-refractivity contribution in [3.05, 3.63) is 90.6 Å². The van der Waals surface area contributed by atoms with E-state index < -0.39 is 12.0 Å². The summed E-state index contributed by atoms with van der Waals surface area (Å²) >= 11 is 1.34. The zero-order valence-corrected chi connectivity index (χ0v) is 23.1. The molecule has 1 unspecified atom stereocenters. The van der Waals surface area contributed by atoms with E-state index in [0.717, 1.165) is 35.6 Å². The molecule has 1 aromatic heterocycles. The van der Waals surface area contributed by atoms with Gasteiger partial charge in [0.05, 0.1) is 28.5 Å². The lowest BCUT2D eigenvalue weighted by atomic mass is 9.95. The highest BCUT2D eigenvalue weighted by atomic mass is 32.1. The normalized spacial score (nSPS) is 15.3. The second-order valence-electron chi connectivity index (χ2n) is 9.05. The molecule has 7 nitrogen and oxygen atoms in total. The fourth-order valence-electron chi connectivity index (χ4n) is 4.58. The van der Waals surface area contributed by atoms with E-state index in [4.69, 9.17) is 4.74 Å². The maximum atomic E-state index is 13.8. The van der Waals surface area contributed by atoms with Crippen LogP contribution in [0.15, 0.2) is 69.6 Å². The monoisotopic (exact) mass is 518 g/mol. The Labute approximate surface area is 221 Å². The van der Waals surface area contributed by atoms with E-state index in [1.807, 2.05) is 61.5 Å². The Morgan fingerprint density at radius 2 is 1.65 bits per heavy atom. The third kappa shape index (κ3) is 5.25. The summed E-state index contributed by atoms with van der Waals surface area (Å²) in [7, 11) is 3.95. The van der Waals surface area contributed by atoms with Gasteiger partial charge in [-0.25, -0.2) is 9.79 Å². The molecule has 0 amide bonds. The predicted molar refractivity (Wildman–Crippen MR) is 151 cm³/mol. The average molecular weight is 519 g/mol. The van der Waals surface area contributed by atoms with E-state index in [1.165, 1.54) is 11.3 Å². The third-order valence-corrected chi connectivity index (χ3v) is 7.54. The summed E-state index contributed by atoms with van der Waals surface area (Å²) in [4.78, 5) is 36.3. The number of thiazole rings is 1. The molecule has 4 rings (SSSR count). The Bertz CT molecular complexity index is 1480. The maximum absolute atomic E-state index is 13.8. The van der Waals surface area contributed by atoms with E-state index in [0.29, 0.717) is 20.6 Å². The lowest BCUT2D eigenvalue weighted by Gasteiger charge is -2.25.